The molecule has 0 saturated carbocycles. The fraction of sp³-hybridized carbons (Fsp3) is 0.182. The molecule has 1 N–H and O–H groups in total. The van der Waals surface area contributed by atoms with Gasteiger partial charge in [0.15, 0.2) is 0 Å². The lowest BCUT2D eigenvalue weighted by atomic mass is 10.1. The van der Waals surface area contributed by atoms with Gasteiger partial charge < -0.3 is 5.11 Å². The van der Waals surface area contributed by atoms with Crippen molar-refractivity contribution in [1.29, 1.82) is 0 Å². The zero-order valence-electron chi connectivity index (χ0n) is 7.79. The van der Waals surface area contributed by atoms with Gasteiger partial charge in [0.2, 0.25) is 0 Å². The van der Waals surface area contributed by atoms with Gasteiger partial charge in [-0.15, -0.1) is 0 Å². The van der Waals surface area contributed by atoms with Crippen molar-refractivity contribution < 1.29 is 9.50 Å². The van der Waals surface area contributed by atoms with E-state index >= 15 is 0 Å². The first-order chi connectivity index (χ1) is 6.70. The number of aryl methyl sites for hydroxylation is 1. The number of benzene rings is 1. The van der Waals surface area contributed by atoms with Crippen LogP contribution in [0.4, 0.5) is 4.39 Å². The lowest BCUT2D eigenvalue weighted by molar-refractivity contribution is 0.281. The Balaban J connectivity index is 2.76. The van der Waals surface area contributed by atoms with Gasteiger partial charge in [0.05, 0.1) is 6.61 Å². The summed E-state index contributed by atoms with van der Waals surface area (Å²) in [5, 5.41) is 9.61. The van der Waals surface area contributed by atoms with Crippen LogP contribution in [-0.4, -0.2) is 10.1 Å². The SMILES string of the molecule is Cc1ccc2cc(CO)cc(F)c2n1. The van der Waals surface area contributed by atoms with E-state index in [-0.39, 0.29) is 12.4 Å². The van der Waals surface area contributed by atoms with Crippen LogP contribution in [-0.2, 0) is 6.61 Å². The van der Waals surface area contributed by atoms with E-state index < -0.39 is 0 Å². The van der Waals surface area contributed by atoms with Crippen LogP contribution in [0.1, 0.15) is 11.3 Å². The fourth-order valence-electron chi connectivity index (χ4n) is 1.44. The molecule has 2 aromatic rings. The predicted molar refractivity (Wildman–Crippen MR) is 52.4 cm³/mol. The van der Waals surface area contributed by atoms with Crippen molar-refractivity contribution in [2.24, 2.45) is 0 Å². The molecular formula is C11H10FNO. The minimum Gasteiger partial charge on any atom is -0.392 e. The van der Waals surface area contributed by atoms with Gasteiger partial charge in [0.25, 0.3) is 0 Å². The number of hydrogen-bond acceptors (Lipinski definition) is 2. The molecule has 0 aliphatic rings. The number of aliphatic hydroxyl groups is 1. The molecule has 0 bridgehead atoms. The average Bonchev–Trinajstić information content (AvgIpc) is 2.19. The molecule has 0 amide bonds. The summed E-state index contributed by atoms with van der Waals surface area (Å²) in [4.78, 5) is 4.09. The first kappa shape index (κ1) is 9.09. The molecule has 0 radical (unpaired) electrons. The van der Waals surface area contributed by atoms with Crippen LogP contribution in [0.25, 0.3) is 10.9 Å². The third-order valence-corrected chi connectivity index (χ3v) is 2.13. The van der Waals surface area contributed by atoms with E-state index in [1.54, 1.807) is 12.1 Å². The highest BCUT2D eigenvalue weighted by molar-refractivity contribution is 5.80. The van der Waals surface area contributed by atoms with Gasteiger partial charge in [0, 0.05) is 11.1 Å². The highest BCUT2D eigenvalue weighted by atomic mass is 19.1. The molecule has 0 atom stereocenters. The Hall–Kier alpha value is -1.48. The fourth-order valence-corrected chi connectivity index (χ4v) is 1.44. The highest BCUT2D eigenvalue weighted by Crippen LogP contribution is 2.18. The monoisotopic (exact) mass is 191 g/mol. The summed E-state index contributed by atoms with van der Waals surface area (Å²) in [6.07, 6.45) is 0. The molecular weight excluding hydrogens is 181 g/mol. The van der Waals surface area contributed by atoms with Gasteiger partial charge in [-0.3, -0.25) is 4.98 Å². The molecule has 3 heteroatoms. The zero-order valence-corrected chi connectivity index (χ0v) is 7.79. The van der Waals surface area contributed by atoms with Gasteiger partial charge in [-0.25, -0.2) is 4.39 Å². The molecule has 14 heavy (non-hydrogen) atoms. The van der Waals surface area contributed by atoms with Gasteiger partial charge in [-0.1, -0.05) is 6.07 Å². The molecule has 0 spiro atoms. The van der Waals surface area contributed by atoms with E-state index in [0.29, 0.717) is 11.1 Å². The summed E-state index contributed by atoms with van der Waals surface area (Å²) in [7, 11) is 0. The van der Waals surface area contributed by atoms with Crippen molar-refractivity contribution in [3.63, 3.8) is 0 Å². The second-order valence-electron chi connectivity index (χ2n) is 3.26. The maximum Gasteiger partial charge on any atom is 0.149 e. The maximum absolute atomic E-state index is 13.4. The summed E-state index contributed by atoms with van der Waals surface area (Å²) in [5.41, 5.74) is 1.72. The molecule has 0 unspecified atom stereocenters. The number of rotatable bonds is 1. The van der Waals surface area contributed by atoms with Gasteiger partial charge >= 0.3 is 0 Å². The van der Waals surface area contributed by atoms with Crippen molar-refractivity contribution in [1.82, 2.24) is 4.98 Å². The summed E-state index contributed by atoms with van der Waals surface area (Å²) < 4.78 is 13.4. The number of pyridine rings is 1. The first-order valence-electron chi connectivity index (χ1n) is 4.37. The molecule has 2 nitrogen and oxygen atoms in total. The lowest BCUT2D eigenvalue weighted by Crippen LogP contribution is -1.91. The Morgan fingerprint density at radius 1 is 1.36 bits per heavy atom. The topological polar surface area (TPSA) is 33.1 Å². The summed E-state index contributed by atoms with van der Waals surface area (Å²) in [6.45, 7) is 1.67. The van der Waals surface area contributed by atoms with Gasteiger partial charge in [0.1, 0.15) is 11.3 Å². The number of fused-ring (bicyclic) bond motifs is 1. The smallest absolute Gasteiger partial charge is 0.149 e. The molecule has 72 valence electrons. The molecule has 2 rings (SSSR count). The number of nitrogens with zero attached hydrogens (tertiary/aromatic N) is 1. The van der Waals surface area contributed by atoms with E-state index in [1.807, 2.05) is 13.0 Å². The van der Waals surface area contributed by atoms with Crippen molar-refractivity contribution in [2.75, 3.05) is 0 Å². The summed E-state index contributed by atoms with van der Waals surface area (Å²) in [5.74, 6) is -0.379. The van der Waals surface area contributed by atoms with Crippen LogP contribution in [0.5, 0.6) is 0 Å². The Morgan fingerprint density at radius 3 is 2.86 bits per heavy atom. The van der Waals surface area contributed by atoms with Crippen LogP contribution in [0.15, 0.2) is 24.3 Å². The van der Waals surface area contributed by atoms with Crippen molar-refractivity contribution in [3.8, 4) is 0 Å². The molecule has 0 saturated heterocycles. The molecule has 0 fully saturated rings. The number of hydrogen-bond donors (Lipinski definition) is 1. The normalized spacial score (nSPS) is 10.8. The van der Waals surface area contributed by atoms with E-state index in [0.717, 1.165) is 11.1 Å². The highest BCUT2D eigenvalue weighted by Gasteiger charge is 2.04. The third kappa shape index (κ3) is 1.46. The van der Waals surface area contributed by atoms with E-state index in [2.05, 4.69) is 4.98 Å². The number of aliphatic hydroxyl groups excluding tert-OH is 1. The van der Waals surface area contributed by atoms with Gasteiger partial charge in [-0.05, 0) is 30.7 Å². The number of aromatic nitrogens is 1. The van der Waals surface area contributed by atoms with E-state index in [9.17, 15) is 4.39 Å². The molecule has 0 aliphatic carbocycles. The van der Waals surface area contributed by atoms with Crippen LogP contribution >= 0.6 is 0 Å². The molecule has 1 heterocycles. The van der Waals surface area contributed by atoms with Crippen molar-refractivity contribution in [3.05, 3.63) is 41.3 Å². The largest absolute Gasteiger partial charge is 0.392 e. The summed E-state index contributed by atoms with van der Waals surface area (Å²) in [6, 6.07) is 6.68. The molecule has 1 aromatic carbocycles. The zero-order chi connectivity index (χ0) is 10.1. The van der Waals surface area contributed by atoms with Crippen LogP contribution < -0.4 is 0 Å². The van der Waals surface area contributed by atoms with E-state index in [4.69, 9.17) is 5.11 Å². The minimum absolute atomic E-state index is 0.152. The Kier molecular flexibility index (Phi) is 2.17. The molecule has 1 aromatic heterocycles. The summed E-state index contributed by atoms with van der Waals surface area (Å²) >= 11 is 0. The van der Waals surface area contributed by atoms with Crippen molar-refractivity contribution >= 4 is 10.9 Å². The van der Waals surface area contributed by atoms with Crippen LogP contribution in [0.2, 0.25) is 0 Å². The third-order valence-electron chi connectivity index (χ3n) is 2.13. The number of halogens is 1. The van der Waals surface area contributed by atoms with Crippen molar-refractivity contribution in [2.45, 2.75) is 13.5 Å². The van der Waals surface area contributed by atoms with E-state index in [1.165, 1.54) is 6.07 Å². The Morgan fingerprint density at radius 2 is 2.14 bits per heavy atom. The lowest BCUT2D eigenvalue weighted by Gasteiger charge is -2.02. The van der Waals surface area contributed by atoms with Crippen LogP contribution in [0.3, 0.4) is 0 Å². The quantitative estimate of drug-likeness (QED) is 0.749. The predicted octanol–water partition coefficient (Wildman–Crippen LogP) is 2.17. The first-order valence-corrected chi connectivity index (χ1v) is 4.37. The second kappa shape index (κ2) is 3.35. The Bertz CT molecular complexity index is 482. The standard InChI is InChI=1S/C11H10FNO/c1-7-2-3-9-4-8(6-14)5-10(12)11(9)13-7/h2-5,14H,6H2,1H3. The molecule has 0 aliphatic heterocycles. The average molecular weight is 191 g/mol. The second-order valence-corrected chi connectivity index (χ2v) is 3.26. The Labute approximate surface area is 81.0 Å². The minimum atomic E-state index is -0.379. The van der Waals surface area contributed by atoms with Gasteiger partial charge in [-0.2, -0.15) is 0 Å². The van der Waals surface area contributed by atoms with Crippen LogP contribution in [0, 0.1) is 12.7 Å². The maximum atomic E-state index is 13.4.